The van der Waals surface area contributed by atoms with Crippen LogP contribution in [0.3, 0.4) is 0 Å². The first-order chi connectivity index (χ1) is 15.7. The van der Waals surface area contributed by atoms with Crippen molar-refractivity contribution in [2.75, 3.05) is 51.2 Å². The molecule has 0 aromatic carbocycles. The standard InChI is InChI=1S/C22H32N6O4S/c1-4-28(5-2)33(31,32)19-7-9-22(30)27(16-19)17-21(29)24-15-18-6-8-20(23-14-18)26-12-10-25(3)11-13-26/h6-9,14,16H,4-5,10-13,15,17H2,1-3H3,(H,24,29). The zero-order valence-electron chi connectivity index (χ0n) is 19.4. The van der Waals surface area contributed by atoms with Gasteiger partial charge in [0.15, 0.2) is 0 Å². The number of piperazine rings is 1. The highest BCUT2D eigenvalue weighted by Crippen LogP contribution is 2.14. The van der Waals surface area contributed by atoms with E-state index in [1.54, 1.807) is 20.0 Å². The van der Waals surface area contributed by atoms with Gasteiger partial charge in [-0.1, -0.05) is 19.9 Å². The first kappa shape index (κ1) is 24.9. The number of carbonyl (C=O) groups is 1. The van der Waals surface area contributed by atoms with Gasteiger partial charge in [0.2, 0.25) is 15.9 Å². The number of carbonyl (C=O) groups excluding carboxylic acids is 1. The summed E-state index contributed by atoms with van der Waals surface area (Å²) < 4.78 is 27.8. The van der Waals surface area contributed by atoms with Crippen molar-refractivity contribution >= 4 is 21.7 Å². The molecule has 0 bridgehead atoms. The maximum atomic E-state index is 12.7. The first-order valence-electron chi connectivity index (χ1n) is 11.1. The molecular formula is C22H32N6O4S. The van der Waals surface area contributed by atoms with E-state index in [2.05, 4.69) is 27.1 Å². The molecule has 10 nitrogen and oxygen atoms in total. The molecule has 1 aliphatic rings. The van der Waals surface area contributed by atoms with Gasteiger partial charge in [0.25, 0.3) is 5.56 Å². The third-order valence-corrected chi connectivity index (χ3v) is 7.77. The van der Waals surface area contributed by atoms with Gasteiger partial charge in [-0.25, -0.2) is 13.4 Å². The Hall–Kier alpha value is -2.76. The Labute approximate surface area is 194 Å². The van der Waals surface area contributed by atoms with Crippen LogP contribution < -0.4 is 15.8 Å². The Kier molecular flexibility index (Phi) is 8.22. The molecule has 1 saturated heterocycles. The number of amides is 1. The molecule has 1 amide bonds. The molecule has 0 aliphatic carbocycles. The SMILES string of the molecule is CCN(CC)S(=O)(=O)c1ccc(=O)n(CC(=O)NCc2ccc(N3CCN(C)CC3)nc2)c1. The van der Waals surface area contributed by atoms with E-state index in [-0.39, 0.29) is 18.0 Å². The summed E-state index contributed by atoms with van der Waals surface area (Å²) in [5.74, 6) is 0.522. The smallest absolute Gasteiger partial charge is 0.251 e. The van der Waals surface area contributed by atoms with Crippen LogP contribution in [-0.4, -0.2) is 79.4 Å². The van der Waals surface area contributed by atoms with Gasteiger partial charge in [0, 0.05) is 64.3 Å². The number of likely N-dealkylation sites (N-methyl/N-ethyl adjacent to an activating group) is 1. The van der Waals surface area contributed by atoms with Gasteiger partial charge in [-0.2, -0.15) is 4.31 Å². The van der Waals surface area contributed by atoms with Crippen molar-refractivity contribution in [1.29, 1.82) is 0 Å². The van der Waals surface area contributed by atoms with E-state index in [1.165, 1.54) is 22.6 Å². The molecule has 11 heteroatoms. The number of hydrogen-bond acceptors (Lipinski definition) is 7. The van der Waals surface area contributed by atoms with Crippen LogP contribution in [0.4, 0.5) is 5.82 Å². The summed E-state index contributed by atoms with van der Waals surface area (Å²) in [5.41, 5.74) is 0.397. The summed E-state index contributed by atoms with van der Waals surface area (Å²) in [6, 6.07) is 6.31. The van der Waals surface area contributed by atoms with Crippen LogP contribution in [0.5, 0.6) is 0 Å². The molecule has 0 atom stereocenters. The van der Waals surface area contributed by atoms with Crippen LogP contribution in [0.2, 0.25) is 0 Å². The predicted octanol–water partition coefficient (Wildman–Crippen LogP) is 0.342. The van der Waals surface area contributed by atoms with Crippen molar-refractivity contribution in [3.8, 4) is 0 Å². The van der Waals surface area contributed by atoms with Crippen molar-refractivity contribution in [3.05, 3.63) is 52.6 Å². The molecule has 1 fully saturated rings. The highest BCUT2D eigenvalue weighted by molar-refractivity contribution is 7.89. The largest absolute Gasteiger partial charge is 0.354 e. The van der Waals surface area contributed by atoms with E-state index in [1.807, 2.05) is 12.1 Å². The Morgan fingerprint density at radius 3 is 2.39 bits per heavy atom. The monoisotopic (exact) mass is 476 g/mol. The average Bonchev–Trinajstić information content (AvgIpc) is 2.80. The molecule has 3 heterocycles. The second kappa shape index (κ2) is 10.9. The second-order valence-electron chi connectivity index (χ2n) is 8.01. The van der Waals surface area contributed by atoms with Crippen LogP contribution in [-0.2, 0) is 27.9 Å². The fraction of sp³-hybridized carbons (Fsp3) is 0.500. The Morgan fingerprint density at radius 2 is 1.79 bits per heavy atom. The maximum Gasteiger partial charge on any atom is 0.251 e. The molecule has 2 aromatic heterocycles. The van der Waals surface area contributed by atoms with Crippen molar-refractivity contribution in [3.63, 3.8) is 0 Å². The van der Waals surface area contributed by atoms with E-state index in [0.717, 1.165) is 42.1 Å². The molecular weight excluding hydrogens is 444 g/mol. The Bertz CT molecular complexity index is 1100. The van der Waals surface area contributed by atoms with Crippen molar-refractivity contribution in [2.45, 2.75) is 31.8 Å². The minimum absolute atomic E-state index is 0.0118. The molecule has 3 rings (SSSR count). The number of hydrogen-bond donors (Lipinski definition) is 1. The molecule has 0 saturated carbocycles. The third kappa shape index (κ3) is 6.18. The zero-order chi connectivity index (χ0) is 24.0. The van der Waals surface area contributed by atoms with Crippen LogP contribution in [0.15, 0.2) is 46.3 Å². The van der Waals surface area contributed by atoms with Gasteiger partial charge in [0.05, 0.1) is 4.90 Å². The number of rotatable bonds is 9. The number of sulfonamides is 1. The molecule has 1 aliphatic heterocycles. The van der Waals surface area contributed by atoms with E-state index < -0.39 is 21.5 Å². The van der Waals surface area contributed by atoms with Gasteiger partial charge in [0.1, 0.15) is 12.4 Å². The van der Waals surface area contributed by atoms with E-state index in [0.29, 0.717) is 13.1 Å². The maximum absolute atomic E-state index is 12.7. The number of anilines is 1. The fourth-order valence-electron chi connectivity index (χ4n) is 3.65. The first-order valence-corrected chi connectivity index (χ1v) is 12.5. The van der Waals surface area contributed by atoms with E-state index in [9.17, 15) is 18.0 Å². The molecule has 33 heavy (non-hydrogen) atoms. The predicted molar refractivity (Wildman–Crippen MR) is 127 cm³/mol. The molecule has 1 N–H and O–H groups in total. The molecule has 0 unspecified atom stereocenters. The van der Waals surface area contributed by atoms with Crippen LogP contribution in [0.25, 0.3) is 0 Å². The van der Waals surface area contributed by atoms with Gasteiger partial charge in [-0.05, 0) is 24.7 Å². The Morgan fingerprint density at radius 1 is 1.09 bits per heavy atom. The normalized spacial score (nSPS) is 15.1. The summed E-state index contributed by atoms with van der Waals surface area (Å²) in [7, 11) is -1.62. The highest BCUT2D eigenvalue weighted by Gasteiger charge is 2.22. The second-order valence-corrected chi connectivity index (χ2v) is 9.95. The van der Waals surface area contributed by atoms with Crippen LogP contribution in [0.1, 0.15) is 19.4 Å². The zero-order valence-corrected chi connectivity index (χ0v) is 20.2. The number of nitrogens with zero attached hydrogens (tertiary/aromatic N) is 5. The highest BCUT2D eigenvalue weighted by atomic mass is 32.2. The van der Waals surface area contributed by atoms with Gasteiger partial charge < -0.3 is 19.7 Å². The lowest BCUT2D eigenvalue weighted by Crippen LogP contribution is -2.44. The molecule has 0 spiro atoms. The van der Waals surface area contributed by atoms with Crippen molar-refractivity contribution in [2.24, 2.45) is 0 Å². The van der Waals surface area contributed by atoms with Gasteiger partial charge in [-0.15, -0.1) is 0 Å². The van der Waals surface area contributed by atoms with Crippen molar-refractivity contribution in [1.82, 2.24) is 24.1 Å². The Balaban J connectivity index is 1.60. The summed E-state index contributed by atoms with van der Waals surface area (Å²) in [6.07, 6.45) is 2.96. The summed E-state index contributed by atoms with van der Waals surface area (Å²) in [5, 5.41) is 2.76. The van der Waals surface area contributed by atoms with Gasteiger partial charge in [-0.3, -0.25) is 9.59 Å². The van der Waals surface area contributed by atoms with E-state index in [4.69, 9.17) is 0 Å². The minimum Gasteiger partial charge on any atom is -0.354 e. The summed E-state index contributed by atoms with van der Waals surface area (Å²) in [6.45, 7) is 7.98. The summed E-state index contributed by atoms with van der Waals surface area (Å²) >= 11 is 0. The number of aromatic nitrogens is 2. The lowest BCUT2D eigenvalue weighted by Gasteiger charge is -2.33. The molecule has 0 radical (unpaired) electrons. The molecule has 2 aromatic rings. The quantitative estimate of drug-likeness (QED) is 0.556. The van der Waals surface area contributed by atoms with E-state index >= 15 is 0 Å². The van der Waals surface area contributed by atoms with Crippen LogP contribution in [0, 0.1) is 0 Å². The van der Waals surface area contributed by atoms with Crippen molar-refractivity contribution < 1.29 is 13.2 Å². The number of nitrogens with one attached hydrogen (secondary N) is 1. The molecule has 180 valence electrons. The lowest BCUT2D eigenvalue weighted by molar-refractivity contribution is -0.121. The number of pyridine rings is 2. The topological polar surface area (TPSA) is 108 Å². The minimum atomic E-state index is -3.72. The van der Waals surface area contributed by atoms with Gasteiger partial charge >= 0.3 is 0 Å². The van der Waals surface area contributed by atoms with Crippen LogP contribution >= 0.6 is 0 Å². The lowest BCUT2D eigenvalue weighted by atomic mass is 10.2. The third-order valence-electron chi connectivity index (χ3n) is 5.74. The average molecular weight is 477 g/mol. The summed E-state index contributed by atoms with van der Waals surface area (Å²) in [4.78, 5) is 33.6. The fourth-order valence-corrected chi connectivity index (χ4v) is 5.13.